The van der Waals surface area contributed by atoms with E-state index in [1.807, 2.05) is 4.90 Å². The summed E-state index contributed by atoms with van der Waals surface area (Å²) >= 11 is 0. The zero-order chi connectivity index (χ0) is 12.1. The number of nitrogens with zero attached hydrogens (tertiary/aromatic N) is 1. The lowest BCUT2D eigenvalue weighted by Crippen LogP contribution is -2.61. The van der Waals surface area contributed by atoms with Crippen LogP contribution < -0.4 is 10.6 Å². The average Bonchev–Trinajstić information content (AvgIpc) is 2.35. The molecule has 92 valence electrons. The van der Waals surface area contributed by atoms with E-state index in [-0.39, 0.29) is 17.9 Å². The maximum absolute atomic E-state index is 11.6. The van der Waals surface area contributed by atoms with Gasteiger partial charge in [0.05, 0.1) is 7.11 Å². The number of hydrogen-bond donors (Lipinski definition) is 2. The Kier molecular flexibility index (Phi) is 4.70. The number of methoxy groups -OCH3 is 1. The molecule has 0 saturated carbocycles. The van der Waals surface area contributed by atoms with Gasteiger partial charge in [0.1, 0.15) is 12.1 Å². The Balaban J connectivity index is 2.73. The van der Waals surface area contributed by atoms with E-state index in [1.165, 1.54) is 7.11 Å². The number of carbonyl (C=O) groups excluding carboxylic acids is 2. The first-order valence-corrected chi connectivity index (χ1v) is 5.37. The van der Waals surface area contributed by atoms with Crippen LogP contribution in [0.15, 0.2) is 0 Å². The SMILES string of the molecule is CNC(=O)C1CNCCN1C(C)C(=O)OC. The predicted octanol–water partition coefficient (Wildman–Crippen LogP) is -1.43. The highest BCUT2D eigenvalue weighted by Gasteiger charge is 2.34. The summed E-state index contributed by atoms with van der Waals surface area (Å²) in [6.45, 7) is 3.75. The third-order valence-corrected chi connectivity index (χ3v) is 2.87. The number of likely N-dealkylation sites (N-methyl/N-ethyl adjacent to an activating group) is 1. The van der Waals surface area contributed by atoms with Crippen molar-refractivity contribution >= 4 is 11.9 Å². The van der Waals surface area contributed by atoms with Crippen molar-refractivity contribution < 1.29 is 14.3 Å². The van der Waals surface area contributed by atoms with Crippen molar-refractivity contribution in [3.63, 3.8) is 0 Å². The van der Waals surface area contributed by atoms with Crippen LogP contribution in [-0.2, 0) is 14.3 Å². The van der Waals surface area contributed by atoms with Gasteiger partial charge in [-0.3, -0.25) is 14.5 Å². The van der Waals surface area contributed by atoms with Crippen molar-refractivity contribution in [2.75, 3.05) is 33.8 Å². The van der Waals surface area contributed by atoms with Gasteiger partial charge in [-0.05, 0) is 6.92 Å². The maximum Gasteiger partial charge on any atom is 0.322 e. The minimum atomic E-state index is -0.394. The highest BCUT2D eigenvalue weighted by atomic mass is 16.5. The molecule has 2 unspecified atom stereocenters. The summed E-state index contributed by atoms with van der Waals surface area (Å²) in [5.74, 6) is -0.390. The molecule has 1 aliphatic heterocycles. The smallest absolute Gasteiger partial charge is 0.322 e. The molecule has 0 aromatic carbocycles. The number of hydrogen-bond acceptors (Lipinski definition) is 5. The average molecular weight is 229 g/mol. The molecule has 0 aromatic rings. The molecule has 1 saturated heterocycles. The van der Waals surface area contributed by atoms with Crippen LogP contribution in [0, 0.1) is 0 Å². The van der Waals surface area contributed by atoms with Crippen molar-refractivity contribution in [1.29, 1.82) is 0 Å². The zero-order valence-electron chi connectivity index (χ0n) is 9.95. The summed E-state index contributed by atoms with van der Waals surface area (Å²) in [5.41, 5.74) is 0. The number of esters is 1. The van der Waals surface area contributed by atoms with Crippen LogP contribution in [0.2, 0.25) is 0 Å². The normalized spacial score (nSPS) is 23.6. The van der Waals surface area contributed by atoms with Gasteiger partial charge in [-0.15, -0.1) is 0 Å². The van der Waals surface area contributed by atoms with Crippen LogP contribution in [0.4, 0.5) is 0 Å². The van der Waals surface area contributed by atoms with Crippen LogP contribution in [-0.4, -0.2) is 62.7 Å². The van der Waals surface area contributed by atoms with E-state index in [9.17, 15) is 9.59 Å². The molecular weight excluding hydrogens is 210 g/mol. The van der Waals surface area contributed by atoms with Gasteiger partial charge >= 0.3 is 5.97 Å². The van der Waals surface area contributed by atoms with Crippen LogP contribution in [0.5, 0.6) is 0 Å². The third kappa shape index (κ3) is 2.70. The minimum absolute atomic E-state index is 0.0806. The molecule has 1 aliphatic rings. The summed E-state index contributed by atoms with van der Waals surface area (Å²) in [7, 11) is 2.95. The van der Waals surface area contributed by atoms with Gasteiger partial charge in [0, 0.05) is 26.7 Å². The molecule has 0 aromatic heterocycles. The molecule has 0 radical (unpaired) electrons. The molecule has 1 amide bonds. The van der Waals surface area contributed by atoms with E-state index >= 15 is 0 Å². The Morgan fingerprint density at radius 2 is 2.25 bits per heavy atom. The van der Waals surface area contributed by atoms with Gasteiger partial charge in [-0.25, -0.2) is 0 Å². The van der Waals surface area contributed by atoms with Gasteiger partial charge in [-0.2, -0.15) is 0 Å². The minimum Gasteiger partial charge on any atom is -0.468 e. The molecule has 0 spiro atoms. The predicted molar refractivity (Wildman–Crippen MR) is 58.9 cm³/mol. The standard InChI is InChI=1S/C10H19N3O3/c1-7(10(15)16-3)13-5-4-12-6-8(13)9(14)11-2/h7-8,12H,4-6H2,1-3H3,(H,11,14). The van der Waals surface area contributed by atoms with Crippen molar-refractivity contribution in [2.24, 2.45) is 0 Å². The molecule has 2 N–H and O–H groups in total. The van der Waals surface area contributed by atoms with Crippen LogP contribution in [0.3, 0.4) is 0 Å². The van der Waals surface area contributed by atoms with Crippen LogP contribution in [0.1, 0.15) is 6.92 Å². The topological polar surface area (TPSA) is 70.7 Å². The number of carbonyl (C=O) groups is 2. The fourth-order valence-electron chi connectivity index (χ4n) is 1.90. The Hall–Kier alpha value is -1.14. The highest BCUT2D eigenvalue weighted by Crippen LogP contribution is 2.10. The summed E-state index contributed by atoms with van der Waals surface area (Å²) in [5, 5.41) is 5.74. The molecule has 6 nitrogen and oxygen atoms in total. The van der Waals surface area contributed by atoms with Crippen LogP contribution >= 0.6 is 0 Å². The molecule has 16 heavy (non-hydrogen) atoms. The molecule has 1 fully saturated rings. The first-order chi connectivity index (χ1) is 7.61. The second-order valence-corrected chi connectivity index (χ2v) is 3.77. The lowest BCUT2D eigenvalue weighted by Gasteiger charge is -2.37. The van der Waals surface area contributed by atoms with Gasteiger partial charge in [0.25, 0.3) is 0 Å². The molecular formula is C10H19N3O3. The summed E-state index contributed by atoms with van der Waals surface area (Å²) in [6.07, 6.45) is 0. The zero-order valence-corrected chi connectivity index (χ0v) is 9.95. The second kappa shape index (κ2) is 5.81. The lowest BCUT2D eigenvalue weighted by molar-refractivity contribution is -0.148. The molecule has 1 rings (SSSR count). The van der Waals surface area contributed by atoms with E-state index in [2.05, 4.69) is 10.6 Å². The quantitative estimate of drug-likeness (QED) is 0.580. The largest absolute Gasteiger partial charge is 0.468 e. The maximum atomic E-state index is 11.6. The Morgan fingerprint density at radius 1 is 1.56 bits per heavy atom. The number of amides is 1. The van der Waals surface area contributed by atoms with E-state index in [0.29, 0.717) is 13.1 Å². The third-order valence-electron chi connectivity index (χ3n) is 2.87. The van der Waals surface area contributed by atoms with E-state index in [0.717, 1.165) is 6.54 Å². The van der Waals surface area contributed by atoms with Gasteiger partial charge in [0.2, 0.25) is 5.91 Å². The molecule has 2 atom stereocenters. The summed E-state index contributed by atoms with van der Waals surface area (Å²) in [6, 6.07) is -0.706. The number of ether oxygens (including phenoxy) is 1. The number of nitrogens with one attached hydrogen (secondary N) is 2. The van der Waals surface area contributed by atoms with Crippen molar-refractivity contribution in [3.05, 3.63) is 0 Å². The molecule has 6 heteroatoms. The Morgan fingerprint density at radius 3 is 2.81 bits per heavy atom. The molecule has 0 aliphatic carbocycles. The van der Waals surface area contributed by atoms with Gasteiger partial charge < -0.3 is 15.4 Å². The Labute approximate surface area is 95.3 Å². The molecule has 0 bridgehead atoms. The van der Waals surface area contributed by atoms with Crippen molar-refractivity contribution in [3.8, 4) is 0 Å². The first-order valence-electron chi connectivity index (χ1n) is 5.37. The monoisotopic (exact) mass is 229 g/mol. The first kappa shape index (κ1) is 12.9. The van der Waals surface area contributed by atoms with Crippen molar-refractivity contribution in [1.82, 2.24) is 15.5 Å². The van der Waals surface area contributed by atoms with E-state index < -0.39 is 6.04 Å². The summed E-state index contributed by atoms with van der Waals surface area (Å²) < 4.78 is 4.69. The Bertz CT molecular complexity index is 270. The summed E-state index contributed by atoms with van der Waals surface area (Å²) in [4.78, 5) is 25.0. The molecule has 1 heterocycles. The number of piperazine rings is 1. The number of rotatable bonds is 3. The van der Waals surface area contributed by atoms with Gasteiger partial charge in [0.15, 0.2) is 0 Å². The second-order valence-electron chi connectivity index (χ2n) is 3.77. The van der Waals surface area contributed by atoms with E-state index in [1.54, 1.807) is 14.0 Å². The lowest BCUT2D eigenvalue weighted by atomic mass is 10.1. The van der Waals surface area contributed by atoms with E-state index in [4.69, 9.17) is 4.74 Å². The van der Waals surface area contributed by atoms with Gasteiger partial charge in [-0.1, -0.05) is 0 Å². The highest BCUT2D eigenvalue weighted by molar-refractivity contribution is 5.83. The van der Waals surface area contributed by atoms with Crippen LogP contribution in [0.25, 0.3) is 0 Å². The fourth-order valence-corrected chi connectivity index (χ4v) is 1.90. The fraction of sp³-hybridized carbons (Fsp3) is 0.800. The van der Waals surface area contributed by atoms with Crippen molar-refractivity contribution in [2.45, 2.75) is 19.0 Å².